The van der Waals surface area contributed by atoms with Gasteiger partial charge in [-0.05, 0) is 35.9 Å². The van der Waals surface area contributed by atoms with Crippen LogP contribution in [0.5, 0.6) is 11.5 Å². The van der Waals surface area contributed by atoms with E-state index in [0.717, 1.165) is 15.8 Å². The van der Waals surface area contributed by atoms with Crippen LogP contribution >= 0.6 is 11.3 Å². The normalized spacial score (nSPS) is 11.5. The van der Waals surface area contributed by atoms with Crippen LogP contribution in [0.2, 0.25) is 0 Å². The molecule has 1 aromatic heterocycles. The van der Waals surface area contributed by atoms with E-state index in [2.05, 4.69) is 10.5 Å². The van der Waals surface area contributed by atoms with Crippen LogP contribution in [0.4, 0.5) is 0 Å². The van der Waals surface area contributed by atoms with Crippen LogP contribution in [-0.4, -0.2) is 24.2 Å². The van der Waals surface area contributed by atoms with Crippen molar-refractivity contribution in [2.45, 2.75) is 0 Å². The summed E-state index contributed by atoms with van der Waals surface area (Å²) in [6.45, 7) is -0.0649. The lowest BCUT2D eigenvalue weighted by Crippen LogP contribution is -2.21. The summed E-state index contributed by atoms with van der Waals surface area (Å²) < 4.78 is 13.5. The van der Waals surface area contributed by atoms with Gasteiger partial charge in [-0.25, -0.2) is 5.43 Å². The molecule has 0 fully saturated rings. The SMILES string of the molecule is COc1cc(/C=C/C(=O)N/N=c2\sc3ccccc3n2C)ccc1OCC#N. The number of methoxy groups -OCH3 is 1. The number of hydrogen-bond donors (Lipinski definition) is 1. The van der Waals surface area contributed by atoms with Gasteiger partial charge in [-0.3, -0.25) is 4.79 Å². The van der Waals surface area contributed by atoms with Crippen molar-refractivity contribution in [2.24, 2.45) is 12.1 Å². The first-order valence-electron chi connectivity index (χ1n) is 8.36. The molecule has 0 saturated heterocycles. The quantitative estimate of drug-likeness (QED) is 0.514. The van der Waals surface area contributed by atoms with E-state index < -0.39 is 0 Å². The minimum atomic E-state index is -0.346. The van der Waals surface area contributed by atoms with Gasteiger partial charge >= 0.3 is 0 Å². The van der Waals surface area contributed by atoms with Gasteiger partial charge in [0.2, 0.25) is 4.80 Å². The molecule has 0 atom stereocenters. The Morgan fingerprint density at radius 2 is 2.14 bits per heavy atom. The van der Waals surface area contributed by atoms with Gasteiger partial charge in [-0.2, -0.15) is 5.26 Å². The maximum absolute atomic E-state index is 12.1. The predicted octanol–water partition coefficient (Wildman–Crippen LogP) is 2.80. The number of rotatable bonds is 6. The van der Waals surface area contributed by atoms with Crippen LogP contribution in [0.25, 0.3) is 16.3 Å². The van der Waals surface area contributed by atoms with Gasteiger partial charge in [0.1, 0.15) is 6.07 Å². The fourth-order valence-electron chi connectivity index (χ4n) is 2.52. The van der Waals surface area contributed by atoms with Gasteiger partial charge in [0.05, 0.1) is 17.3 Å². The number of nitriles is 1. The van der Waals surface area contributed by atoms with Gasteiger partial charge in [-0.1, -0.05) is 29.5 Å². The molecular formula is C20H18N4O3S. The van der Waals surface area contributed by atoms with E-state index in [1.165, 1.54) is 24.5 Å². The Labute approximate surface area is 165 Å². The summed E-state index contributed by atoms with van der Waals surface area (Å²) in [5, 5.41) is 12.8. The topological polar surface area (TPSA) is 88.6 Å². The highest BCUT2D eigenvalue weighted by atomic mass is 32.1. The largest absolute Gasteiger partial charge is 0.493 e. The molecule has 2 aromatic carbocycles. The van der Waals surface area contributed by atoms with Crippen LogP contribution in [0, 0.1) is 11.3 Å². The second-order valence-electron chi connectivity index (χ2n) is 5.69. The summed E-state index contributed by atoms with van der Waals surface area (Å²) in [7, 11) is 3.42. The fraction of sp³-hybridized carbons (Fsp3) is 0.150. The average Bonchev–Trinajstić information content (AvgIpc) is 3.05. The van der Waals surface area contributed by atoms with E-state index in [-0.39, 0.29) is 12.5 Å². The first-order valence-corrected chi connectivity index (χ1v) is 9.18. The third-order valence-electron chi connectivity index (χ3n) is 3.88. The fourth-order valence-corrected chi connectivity index (χ4v) is 3.50. The zero-order valence-corrected chi connectivity index (χ0v) is 16.2. The predicted molar refractivity (Wildman–Crippen MR) is 108 cm³/mol. The maximum Gasteiger partial charge on any atom is 0.264 e. The number of hydrogen-bond acceptors (Lipinski definition) is 6. The van der Waals surface area contributed by atoms with Crippen LogP contribution in [0.15, 0.2) is 53.6 Å². The highest BCUT2D eigenvalue weighted by Crippen LogP contribution is 2.28. The standard InChI is InChI=1S/C20H18N4O3S/c1-24-15-5-3-4-6-18(15)28-20(24)23-22-19(25)10-8-14-7-9-16(27-12-11-21)17(13-14)26-2/h3-10,13H,12H2,1-2H3,(H,22,25)/b10-8+,23-20-. The van der Waals surface area contributed by atoms with Crippen LogP contribution in [0.3, 0.4) is 0 Å². The van der Waals surface area contributed by atoms with Crippen LogP contribution in [0.1, 0.15) is 5.56 Å². The molecule has 3 aromatic rings. The zero-order valence-electron chi connectivity index (χ0n) is 15.4. The van der Waals surface area contributed by atoms with Gasteiger partial charge in [0.25, 0.3) is 5.91 Å². The lowest BCUT2D eigenvalue weighted by atomic mass is 10.2. The van der Waals surface area contributed by atoms with E-state index in [0.29, 0.717) is 16.3 Å². The minimum absolute atomic E-state index is 0.0649. The summed E-state index contributed by atoms with van der Waals surface area (Å²) in [4.78, 5) is 12.8. The Kier molecular flexibility index (Phi) is 6.09. The summed E-state index contributed by atoms with van der Waals surface area (Å²) in [5.41, 5.74) is 4.35. The number of thiazole rings is 1. The maximum atomic E-state index is 12.1. The van der Waals surface area contributed by atoms with Crippen LogP contribution < -0.4 is 19.7 Å². The lowest BCUT2D eigenvalue weighted by molar-refractivity contribution is -0.116. The van der Waals surface area contributed by atoms with Crippen molar-refractivity contribution in [3.8, 4) is 17.6 Å². The van der Waals surface area contributed by atoms with Gasteiger partial charge in [-0.15, -0.1) is 5.10 Å². The van der Waals surface area contributed by atoms with Crippen molar-refractivity contribution < 1.29 is 14.3 Å². The number of aryl methyl sites for hydroxylation is 1. The monoisotopic (exact) mass is 394 g/mol. The van der Waals surface area contributed by atoms with E-state index >= 15 is 0 Å². The number of amides is 1. The van der Waals surface area contributed by atoms with Crippen LogP contribution in [-0.2, 0) is 11.8 Å². The number of para-hydroxylation sites is 1. The molecule has 142 valence electrons. The number of benzene rings is 2. The number of carbonyl (C=O) groups is 1. The molecule has 7 nitrogen and oxygen atoms in total. The number of aromatic nitrogens is 1. The van der Waals surface area contributed by atoms with Gasteiger partial charge in [0, 0.05) is 13.1 Å². The molecule has 1 N–H and O–H groups in total. The van der Waals surface area contributed by atoms with Crippen molar-refractivity contribution in [2.75, 3.05) is 13.7 Å². The molecule has 1 heterocycles. The zero-order chi connectivity index (χ0) is 19.9. The molecule has 0 radical (unpaired) electrons. The average molecular weight is 394 g/mol. The van der Waals surface area contributed by atoms with E-state index in [1.807, 2.05) is 41.9 Å². The first-order chi connectivity index (χ1) is 13.6. The molecule has 0 spiro atoms. The molecule has 28 heavy (non-hydrogen) atoms. The van der Waals surface area contributed by atoms with Gasteiger partial charge < -0.3 is 14.0 Å². The molecule has 0 saturated carbocycles. The molecule has 0 aliphatic rings. The molecule has 8 heteroatoms. The molecule has 0 unspecified atom stereocenters. The highest BCUT2D eigenvalue weighted by Gasteiger charge is 2.05. The molecule has 0 bridgehead atoms. The van der Waals surface area contributed by atoms with Crippen molar-refractivity contribution in [1.82, 2.24) is 9.99 Å². The number of carbonyl (C=O) groups excluding carboxylic acids is 1. The Morgan fingerprint density at radius 1 is 1.32 bits per heavy atom. The minimum Gasteiger partial charge on any atom is -0.493 e. The van der Waals surface area contributed by atoms with E-state index in [1.54, 1.807) is 24.3 Å². The third kappa shape index (κ3) is 4.39. The summed E-state index contributed by atoms with van der Waals surface area (Å²) in [6, 6.07) is 15.0. The molecule has 1 amide bonds. The summed E-state index contributed by atoms with van der Waals surface area (Å²) in [6.07, 6.45) is 3.04. The van der Waals surface area contributed by atoms with E-state index in [4.69, 9.17) is 14.7 Å². The molecule has 0 aliphatic carbocycles. The second kappa shape index (κ2) is 8.88. The number of ether oxygens (including phenoxy) is 2. The highest BCUT2D eigenvalue weighted by molar-refractivity contribution is 7.16. The Hall–Kier alpha value is -3.57. The number of nitrogens with zero attached hydrogens (tertiary/aromatic N) is 3. The van der Waals surface area contributed by atoms with Crippen molar-refractivity contribution >= 4 is 33.5 Å². The lowest BCUT2D eigenvalue weighted by Gasteiger charge is -2.08. The summed E-state index contributed by atoms with van der Waals surface area (Å²) >= 11 is 1.50. The second-order valence-corrected chi connectivity index (χ2v) is 6.70. The van der Waals surface area contributed by atoms with Crippen molar-refractivity contribution in [3.63, 3.8) is 0 Å². The third-order valence-corrected chi connectivity index (χ3v) is 5.00. The van der Waals surface area contributed by atoms with Crippen molar-refractivity contribution in [1.29, 1.82) is 5.26 Å². The molecule has 3 rings (SSSR count). The van der Waals surface area contributed by atoms with Crippen molar-refractivity contribution in [3.05, 3.63) is 58.9 Å². The Morgan fingerprint density at radius 3 is 2.89 bits per heavy atom. The summed E-state index contributed by atoms with van der Waals surface area (Å²) in [5.74, 6) is 0.610. The molecular weight excluding hydrogens is 376 g/mol. The molecule has 0 aliphatic heterocycles. The first kappa shape index (κ1) is 19.2. The van der Waals surface area contributed by atoms with Gasteiger partial charge in [0.15, 0.2) is 18.1 Å². The smallest absolute Gasteiger partial charge is 0.264 e. The Bertz CT molecular complexity index is 1140. The Balaban J connectivity index is 1.71. The number of nitrogens with one attached hydrogen (secondary N) is 1. The van der Waals surface area contributed by atoms with E-state index in [9.17, 15) is 4.79 Å². The number of fused-ring (bicyclic) bond motifs is 1.